The Bertz CT molecular complexity index is 785. The first kappa shape index (κ1) is 13.0. The van der Waals surface area contributed by atoms with Crippen LogP contribution in [0.15, 0.2) is 84.9 Å². The first-order valence-corrected chi connectivity index (χ1v) is 7.48. The lowest BCUT2D eigenvalue weighted by molar-refractivity contribution is 0.252. The molecule has 0 amide bonds. The molecule has 0 saturated carbocycles. The Hall–Kier alpha value is -2.74. The van der Waals surface area contributed by atoms with E-state index in [1.54, 1.807) is 0 Å². The van der Waals surface area contributed by atoms with E-state index in [2.05, 4.69) is 55.5 Å². The van der Waals surface area contributed by atoms with Gasteiger partial charge in [0.25, 0.3) is 0 Å². The van der Waals surface area contributed by atoms with Gasteiger partial charge in [0.15, 0.2) is 5.75 Å². The predicted molar refractivity (Wildman–Crippen MR) is 88.9 cm³/mol. The largest absolute Gasteiger partial charge is 0.378 e. The van der Waals surface area contributed by atoms with Crippen LogP contribution in [0, 0.1) is 0 Å². The summed E-state index contributed by atoms with van der Waals surface area (Å²) in [7, 11) is 0. The number of anilines is 1. The highest BCUT2D eigenvalue weighted by molar-refractivity contribution is 5.61. The zero-order valence-corrected chi connectivity index (χ0v) is 12.4. The highest BCUT2D eigenvalue weighted by Crippen LogP contribution is 2.48. The molecule has 108 valence electrons. The molecule has 22 heavy (non-hydrogen) atoms. The van der Waals surface area contributed by atoms with Crippen LogP contribution in [-0.4, -0.2) is 0 Å². The lowest BCUT2D eigenvalue weighted by Gasteiger charge is -2.35. The van der Waals surface area contributed by atoms with Gasteiger partial charge in [-0.05, 0) is 30.7 Å². The van der Waals surface area contributed by atoms with Gasteiger partial charge in [0, 0.05) is 5.56 Å². The third-order valence-electron chi connectivity index (χ3n) is 4.33. The summed E-state index contributed by atoms with van der Waals surface area (Å²) in [6.07, 6.45) is 0. The topological polar surface area (TPSA) is 12.5 Å². The van der Waals surface area contributed by atoms with Crippen LogP contribution in [-0.2, 0) is 5.54 Å². The number of hydrogen-bond acceptors (Lipinski definition) is 2. The van der Waals surface area contributed by atoms with E-state index < -0.39 is 0 Å². The minimum atomic E-state index is -0.348. The summed E-state index contributed by atoms with van der Waals surface area (Å²) in [6.45, 7) is 2.21. The van der Waals surface area contributed by atoms with E-state index >= 15 is 0 Å². The van der Waals surface area contributed by atoms with Gasteiger partial charge in [-0.15, -0.1) is 0 Å². The monoisotopic (exact) mass is 287 g/mol. The average Bonchev–Trinajstić information content (AvgIpc) is 2.91. The highest BCUT2D eigenvalue weighted by Gasteiger charge is 2.45. The van der Waals surface area contributed by atoms with Crippen molar-refractivity contribution in [2.75, 3.05) is 5.06 Å². The van der Waals surface area contributed by atoms with Crippen molar-refractivity contribution in [3.05, 3.63) is 96.1 Å². The molecule has 2 heteroatoms. The Morgan fingerprint density at radius 2 is 1.32 bits per heavy atom. The van der Waals surface area contributed by atoms with Crippen LogP contribution in [0.2, 0.25) is 0 Å². The average molecular weight is 287 g/mol. The van der Waals surface area contributed by atoms with E-state index in [9.17, 15) is 0 Å². The van der Waals surface area contributed by atoms with Crippen molar-refractivity contribution in [1.82, 2.24) is 0 Å². The molecule has 1 atom stereocenters. The van der Waals surface area contributed by atoms with Gasteiger partial charge in [0.1, 0.15) is 5.54 Å². The van der Waals surface area contributed by atoms with Gasteiger partial charge in [0.05, 0.1) is 5.69 Å². The van der Waals surface area contributed by atoms with E-state index in [1.807, 2.05) is 41.5 Å². The van der Waals surface area contributed by atoms with Gasteiger partial charge in [-0.1, -0.05) is 66.7 Å². The molecule has 1 aliphatic rings. The Morgan fingerprint density at radius 3 is 2.05 bits per heavy atom. The molecule has 0 bridgehead atoms. The van der Waals surface area contributed by atoms with Crippen LogP contribution in [0.25, 0.3) is 0 Å². The van der Waals surface area contributed by atoms with Crippen molar-refractivity contribution in [3.63, 3.8) is 0 Å². The van der Waals surface area contributed by atoms with Crippen molar-refractivity contribution in [1.29, 1.82) is 0 Å². The van der Waals surface area contributed by atoms with Crippen molar-refractivity contribution in [2.24, 2.45) is 0 Å². The zero-order valence-electron chi connectivity index (χ0n) is 12.4. The van der Waals surface area contributed by atoms with Crippen LogP contribution in [0.5, 0.6) is 5.75 Å². The maximum Gasteiger partial charge on any atom is 0.161 e. The summed E-state index contributed by atoms with van der Waals surface area (Å²) in [4.78, 5) is 6.20. The minimum absolute atomic E-state index is 0.348. The van der Waals surface area contributed by atoms with E-state index in [4.69, 9.17) is 4.84 Å². The zero-order chi connectivity index (χ0) is 15.0. The maximum absolute atomic E-state index is 6.20. The van der Waals surface area contributed by atoms with Crippen LogP contribution in [0.4, 0.5) is 5.69 Å². The second-order valence-corrected chi connectivity index (χ2v) is 5.66. The molecule has 1 unspecified atom stereocenters. The Kier molecular flexibility index (Phi) is 2.90. The van der Waals surface area contributed by atoms with Crippen LogP contribution < -0.4 is 9.90 Å². The number of fused-ring (bicyclic) bond motifs is 1. The summed E-state index contributed by atoms with van der Waals surface area (Å²) >= 11 is 0. The Morgan fingerprint density at radius 1 is 0.727 bits per heavy atom. The molecule has 3 aromatic carbocycles. The van der Waals surface area contributed by atoms with Gasteiger partial charge < -0.3 is 4.84 Å². The maximum atomic E-state index is 6.20. The summed E-state index contributed by atoms with van der Waals surface area (Å²) < 4.78 is 0. The first-order valence-electron chi connectivity index (χ1n) is 7.48. The molecular formula is C20H17NO. The van der Waals surface area contributed by atoms with Gasteiger partial charge in [-0.2, -0.15) is 5.06 Å². The standard InChI is InChI=1S/C20H17NO/c1-20(16-10-4-2-5-11-16)18-14-8-9-15-19(18)22-21(20)17-12-6-3-7-13-17/h2-15H,1H3. The molecule has 0 spiro atoms. The molecule has 0 fully saturated rings. The fraction of sp³-hybridized carbons (Fsp3) is 0.100. The van der Waals surface area contributed by atoms with Crippen LogP contribution in [0.3, 0.4) is 0 Å². The summed E-state index contributed by atoms with van der Waals surface area (Å²) in [5, 5.41) is 2.01. The molecule has 0 aromatic heterocycles. The lowest BCUT2D eigenvalue weighted by Crippen LogP contribution is -2.42. The van der Waals surface area contributed by atoms with Crippen molar-refractivity contribution < 1.29 is 4.84 Å². The second-order valence-electron chi connectivity index (χ2n) is 5.66. The molecular weight excluding hydrogens is 270 g/mol. The van der Waals surface area contributed by atoms with Crippen molar-refractivity contribution >= 4 is 5.69 Å². The molecule has 3 aromatic rings. The highest BCUT2D eigenvalue weighted by atomic mass is 16.7. The summed E-state index contributed by atoms with van der Waals surface area (Å²) in [5.41, 5.74) is 3.10. The van der Waals surface area contributed by atoms with E-state index in [1.165, 1.54) is 11.1 Å². The number of rotatable bonds is 2. The lowest BCUT2D eigenvalue weighted by atomic mass is 9.84. The summed E-state index contributed by atoms with van der Waals surface area (Å²) in [5.74, 6) is 0.915. The van der Waals surface area contributed by atoms with Crippen LogP contribution >= 0.6 is 0 Å². The normalized spacial score (nSPS) is 19.6. The smallest absolute Gasteiger partial charge is 0.161 e. The third-order valence-corrected chi connectivity index (χ3v) is 4.33. The number of hydrogen-bond donors (Lipinski definition) is 0. The molecule has 2 nitrogen and oxygen atoms in total. The molecule has 0 saturated heterocycles. The molecule has 0 N–H and O–H groups in total. The minimum Gasteiger partial charge on any atom is -0.378 e. The number of benzene rings is 3. The molecule has 1 aliphatic heterocycles. The van der Waals surface area contributed by atoms with Gasteiger partial charge >= 0.3 is 0 Å². The van der Waals surface area contributed by atoms with Gasteiger partial charge in [-0.25, -0.2) is 0 Å². The van der Waals surface area contributed by atoms with E-state index in [0.717, 1.165) is 11.4 Å². The Balaban J connectivity index is 1.94. The fourth-order valence-corrected chi connectivity index (χ4v) is 3.16. The number of nitrogens with zero attached hydrogens (tertiary/aromatic N) is 1. The van der Waals surface area contributed by atoms with Gasteiger partial charge in [-0.3, -0.25) is 0 Å². The Labute approximate surface area is 130 Å². The first-order chi connectivity index (χ1) is 10.8. The van der Waals surface area contributed by atoms with Gasteiger partial charge in [0.2, 0.25) is 0 Å². The van der Waals surface area contributed by atoms with Crippen LogP contribution in [0.1, 0.15) is 18.1 Å². The van der Waals surface area contributed by atoms with Crippen molar-refractivity contribution in [2.45, 2.75) is 12.5 Å². The molecule has 0 radical (unpaired) electrons. The van der Waals surface area contributed by atoms with E-state index in [0.29, 0.717) is 0 Å². The number of para-hydroxylation sites is 2. The second kappa shape index (κ2) is 4.92. The third kappa shape index (κ3) is 1.81. The predicted octanol–water partition coefficient (Wildman–Crippen LogP) is 4.76. The van der Waals surface area contributed by atoms with E-state index in [-0.39, 0.29) is 5.54 Å². The molecule has 4 rings (SSSR count). The quantitative estimate of drug-likeness (QED) is 0.673. The fourth-order valence-electron chi connectivity index (χ4n) is 3.16. The SMILES string of the molecule is CC1(c2ccccc2)c2ccccc2ON1c1ccccc1. The van der Waals surface area contributed by atoms with Crippen molar-refractivity contribution in [3.8, 4) is 5.75 Å². The summed E-state index contributed by atoms with van der Waals surface area (Å²) in [6, 6.07) is 29.0. The molecule has 1 heterocycles. The number of hydroxylamine groups is 1. The molecule has 0 aliphatic carbocycles.